The van der Waals surface area contributed by atoms with Crippen molar-refractivity contribution >= 4 is 11.8 Å². The van der Waals surface area contributed by atoms with Crippen LogP contribution in [-0.4, -0.2) is 78.5 Å². The first-order valence-corrected chi connectivity index (χ1v) is 8.42. The number of carbonyl (C=O) groups excluding carboxylic acids is 1. The second kappa shape index (κ2) is 5.96. The summed E-state index contributed by atoms with van der Waals surface area (Å²) in [6.07, 6.45) is 3.36. The Labute approximate surface area is 136 Å². The van der Waals surface area contributed by atoms with Gasteiger partial charge in [-0.25, -0.2) is 4.79 Å². The average Bonchev–Trinajstić information content (AvgIpc) is 3.01. The van der Waals surface area contributed by atoms with Crippen LogP contribution in [0.1, 0.15) is 17.7 Å². The van der Waals surface area contributed by atoms with Crippen LogP contribution < -0.4 is 4.90 Å². The molecule has 0 radical (unpaired) electrons. The van der Waals surface area contributed by atoms with Crippen molar-refractivity contribution < 1.29 is 9.53 Å². The molecule has 1 aliphatic carbocycles. The summed E-state index contributed by atoms with van der Waals surface area (Å²) in [4.78, 5) is 18.4. The maximum Gasteiger partial charge on any atom is 0.320 e. The number of rotatable bonds is 2. The summed E-state index contributed by atoms with van der Waals surface area (Å²) in [6, 6.07) is 2.54. The van der Waals surface area contributed by atoms with Gasteiger partial charge in [0.05, 0.1) is 24.9 Å². The molecule has 0 saturated carbocycles. The summed E-state index contributed by atoms with van der Waals surface area (Å²) in [5.41, 5.74) is 2.50. The minimum Gasteiger partial charge on any atom is -0.378 e. The molecule has 1 aromatic heterocycles. The van der Waals surface area contributed by atoms with E-state index in [1.54, 1.807) is 0 Å². The van der Waals surface area contributed by atoms with E-state index < -0.39 is 0 Å². The molecule has 7 nitrogen and oxygen atoms in total. The summed E-state index contributed by atoms with van der Waals surface area (Å²) < 4.78 is 5.31. The minimum absolute atomic E-state index is 0.109. The molecule has 124 valence electrons. The van der Waals surface area contributed by atoms with Crippen molar-refractivity contribution in [1.82, 2.24) is 20.0 Å². The maximum atomic E-state index is 12.5. The number of anilines is 1. The summed E-state index contributed by atoms with van der Waals surface area (Å²) >= 11 is 0. The van der Waals surface area contributed by atoms with E-state index in [-0.39, 0.29) is 12.1 Å². The van der Waals surface area contributed by atoms with Crippen LogP contribution in [0.3, 0.4) is 0 Å². The Morgan fingerprint density at radius 2 is 2.04 bits per heavy atom. The lowest BCUT2D eigenvalue weighted by Crippen LogP contribution is -2.62. The number of urea groups is 1. The van der Waals surface area contributed by atoms with Crippen molar-refractivity contribution in [3.63, 3.8) is 0 Å². The number of hydrogen-bond donors (Lipinski definition) is 0. The largest absolute Gasteiger partial charge is 0.378 e. The number of aryl methyl sites for hydroxylation is 2. The van der Waals surface area contributed by atoms with Gasteiger partial charge in [0.15, 0.2) is 5.82 Å². The topological polar surface area (TPSA) is 61.8 Å². The lowest BCUT2D eigenvalue weighted by Gasteiger charge is -2.45. The first kappa shape index (κ1) is 14.7. The molecule has 2 aliphatic heterocycles. The Morgan fingerprint density at radius 3 is 2.83 bits per heavy atom. The van der Waals surface area contributed by atoms with E-state index in [9.17, 15) is 4.79 Å². The van der Waals surface area contributed by atoms with E-state index in [2.05, 4.69) is 21.2 Å². The third-order valence-electron chi connectivity index (χ3n) is 5.12. The highest BCUT2D eigenvalue weighted by Gasteiger charge is 2.35. The van der Waals surface area contributed by atoms with Crippen molar-refractivity contribution in [3.05, 3.63) is 17.3 Å². The quantitative estimate of drug-likeness (QED) is 0.797. The predicted molar refractivity (Wildman–Crippen MR) is 85.6 cm³/mol. The van der Waals surface area contributed by atoms with E-state index in [0.29, 0.717) is 26.3 Å². The van der Waals surface area contributed by atoms with Gasteiger partial charge in [0, 0.05) is 33.2 Å². The average molecular weight is 317 g/mol. The van der Waals surface area contributed by atoms with Gasteiger partial charge in [-0.1, -0.05) is 0 Å². The standard InChI is InChI=1S/C16H23N5O2/c1-19(16(22)20-5-7-23-8-6-20)13-10-21(11-13)15-9-12-3-2-4-14(12)17-18-15/h9,13H,2-8,10-11H2,1H3. The lowest BCUT2D eigenvalue weighted by atomic mass is 10.1. The molecule has 4 rings (SSSR count). The smallest absolute Gasteiger partial charge is 0.320 e. The molecular weight excluding hydrogens is 294 g/mol. The van der Waals surface area contributed by atoms with Crippen molar-refractivity contribution in [3.8, 4) is 0 Å². The van der Waals surface area contributed by atoms with Crippen molar-refractivity contribution in [2.45, 2.75) is 25.3 Å². The molecule has 0 spiro atoms. The Balaban J connectivity index is 1.34. The van der Waals surface area contributed by atoms with Gasteiger partial charge < -0.3 is 19.4 Å². The van der Waals surface area contributed by atoms with Crippen LogP contribution in [0.4, 0.5) is 10.6 Å². The van der Waals surface area contributed by atoms with Gasteiger partial charge in [0.2, 0.25) is 0 Å². The Morgan fingerprint density at radius 1 is 1.26 bits per heavy atom. The first-order valence-electron chi connectivity index (χ1n) is 8.42. The van der Waals surface area contributed by atoms with Gasteiger partial charge in [-0.2, -0.15) is 5.10 Å². The molecule has 23 heavy (non-hydrogen) atoms. The third kappa shape index (κ3) is 2.73. The van der Waals surface area contributed by atoms with E-state index in [1.165, 1.54) is 12.0 Å². The highest BCUT2D eigenvalue weighted by Crippen LogP contribution is 2.26. The normalized spacial score (nSPS) is 21.1. The molecule has 0 bridgehead atoms. The molecule has 2 saturated heterocycles. The van der Waals surface area contributed by atoms with E-state index in [0.717, 1.165) is 37.4 Å². The van der Waals surface area contributed by atoms with Crippen LogP contribution in [0.2, 0.25) is 0 Å². The number of carbonyl (C=O) groups is 1. The second-order valence-electron chi connectivity index (χ2n) is 6.58. The minimum atomic E-state index is 0.109. The number of nitrogens with zero attached hydrogens (tertiary/aromatic N) is 5. The zero-order valence-electron chi connectivity index (χ0n) is 13.6. The Kier molecular flexibility index (Phi) is 3.80. The van der Waals surface area contributed by atoms with Crippen LogP contribution >= 0.6 is 0 Å². The molecule has 0 unspecified atom stereocenters. The SMILES string of the molecule is CN(C(=O)N1CCOCC1)C1CN(c2cc3c(nn2)CCC3)C1. The van der Waals surface area contributed by atoms with Crippen LogP contribution in [0, 0.1) is 0 Å². The molecule has 7 heteroatoms. The highest BCUT2D eigenvalue weighted by atomic mass is 16.5. The number of hydrogen-bond acceptors (Lipinski definition) is 5. The van der Waals surface area contributed by atoms with Gasteiger partial charge in [0.25, 0.3) is 0 Å². The molecular formula is C16H23N5O2. The number of likely N-dealkylation sites (N-methyl/N-ethyl adjacent to an activating group) is 1. The van der Waals surface area contributed by atoms with Gasteiger partial charge in [0.1, 0.15) is 0 Å². The van der Waals surface area contributed by atoms with Crippen LogP contribution in [-0.2, 0) is 17.6 Å². The zero-order chi connectivity index (χ0) is 15.8. The van der Waals surface area contributed by atoms with Crippen molar-refractivity contribution in [2.75, 3.05) is 51.3 Å². The Bertz CT molecular complexity index is 596. The van der Waals surface area contributed by atoms with Gasteiger partial charge >= 0.3 is 6.03 Å². The lowest BCUT2D eigenvalue weighted by molar-refractivity contribution is 0.0407. The number of aromatic nitrogens is 2. The number of amides is 2. The molecule has 0 N–H and O–H groups in total. The summed E-state index contributed by atoms with van der Waals surface area (Å²) in [5.74, 6) is 0.953. The van der Waals surface area contributed by atoms with Crippen LogP contribution in [0.5, 0.6) is 0 Å². The van der Waals surface area contributed by atoms with E-state index >= 15 is 0 Å². The summed E-state index contributed by atoms with van der Waals surface area (Å²) in [5, 5.41) is 8.69. The predicted octanol–water partition coefficient (Wildman–Crippen LogP) is 0.538. The number of fused-ring (bicyclic) bond motifs is 1. The number of morpholine rings is 1. The van der Waals surface area contributed by atoms with Gasteiger partial charge in [-0.3, -0.25) is 0 Å². The molecule has 0 atom stereocenters. The van der Waals surface area contributed by atoms with Crippen LogP contribution in [0.25, 0.3) is 0 Å². The van der Waals surface area contributed by atoms with Gasteiger partial charge in [-0.15, -0.1) is 5.10 Å². The third-order valence-corrected chi connectivity index (χ3v) is 5.12. The van der Waals surface area contributed by atoms with E-state index in [1.807, 2.05) is 16.8 Å². The summed E-state index contributed by atoms with van der Waals surface area (Å²) in [6.45, 7) is 4.33. The monoisotopic (exact) mass is 317 g/mol. The first-order chi connectivity index (χ1) is 11.2. The molecule has 0 aromatic carbocycles. The number of ether oxygens (including phenoxy) is 1. The molecule has 1 aromatic rings. The zero-order valence-corrected chi connectivity index (χ0v) is 13.6. The fourth-order valence-electron chi connectivity index (χ4n) is 3.49. The fourth-order valence-corrected chi connectivity index (χ4v) is 3.49. The second-order valence-corrected chi connectivity index (χ2v) is 6.58. The fraction of sp³-hybridized carbons (Fsp3) is 0.688. The maximum absolute atomic E-state index is 12.5. The Hall–Kier alpha value is -1.89. The summed E-state index contributed by atoms with van der Waals surface area (Å²) in [7, 11) is 1.90. The van der Waals surface area contributed by atoms with Crippen LogP contribution in [0.15, 0.2) is 6.07 Å². The highest BCUT2D eigenvalue weighted by molar-refractivity contribution is 5.75. The van der Waals surface area contributed by atoms with Crippen molar-refractivity contribution in [1.29, 1.82) is 0 Å². The van der Waals surface area contributed by atoms with E-state index in [4.69, 9.17) is 4.74 Å². The molecule has 2 fully saturated rings. The molecule has 3 aliphatic rings. The van der Waals surface area contributed by atoms with Crippen molar-refractivity contribution in [2.24, 2.45) is 0 Å². The molecule has 2 amide bonds. The molecule has 3 heterocycles. The van der Waals surface area contributed by atoms with Gasteiger partial charge in [-0.05, 0) is 30.9 Å².